The lowest BCUT2D eigenvalue weighted by Gasteiger charge is -2.51. The number of likely N-dealkylation sites (tertiary alicyclic amines) is 1. The third kappa shape index (κ3) is 4.26. The van der Waals surface area contributed by atoms with Crippen LogP contribution in [0.1, 0.15) is 48.1 Å². The molecule has 3 N–H and O–H groups in total. The van der Waals surface area contributed by atoms with Gasteiger partial charge in [0, 0.05) is 55.9 Å². The van der Waals surface area contributed by atoms with Crippen LogP contribution >= 0.6 is 11.6 Å². The number of aldehydes is 1. The van der Waals surface area contributed by atoms with Crippen molar-refractivity contribution < 1.29 is 9.90 Å². The zero-order valence-electron chi connectivity index (χ0n) is 18.8. The minimum absolute atomic E-state index is 0.0394. The van der Waals surface area contributed by atoms with Gasteiger partial charge in [0.05, 0.1) is 23.9 Å². The second-order valence-electron chi connectivity index (χ2n) is 9.51. The summed E-state index contributed by atoms with van der Waals surface area (Å²) in [7, 11) is 0. The monoisotopic (exact) mass is 470 g/mol. The number of hydrogen-bond donors (Lipinski definition) is 2. The molecule has 0 saturated carbocycles. The second-order valence-corrected chi connectivity index (χ2v) is 9.95. The van der Waals surface area contributed by atoms with Gasteiger partial charge in [0.15, 0.2) is 0 Å². The minimum atomic E-state index is -0.509. The number of aromatic nitrogens is 2. The van der Waals surface area contributed by atoms with E-state index in [4.69, 9.17) is 17.3 Å². The zero-order valence-corrected chi connectivity index (χ0v) is 19.6. The van der Waals surface area contributed by atoms with Crippen LogP contribution in [0.5, 0.6) is 0 Å². The number of carbonyl (C=O) groups is 1. The number of halogens is 1. The van der Waals surface area contributed by atoms with E-state index in [1.165, 1.54) is 0 Å². The van der Waals surface area contributed by atoms with Crippen molar-refractivity contribution >= 4 is 23.7 Å². The molecule has 2 aliphatic heterocycles. The Hall–Kier alpha value is -2.10. The first-order chi connectivity index (χ1) is 16.0. The summed E-state index contributed by atoms with van der Waals surface area (Å²) >= 11 is 6.08. The van der Waals surface area contributed by atoms with Crippen molar-refractivity contribution in [3.05, 3.63) is 52.4 Å². The van der Waals surface area contributed by atoms with Gasteiger partial charge in [-0.15, -0.1) is 0 Å². The lowest BCUT2D eigenvalue weighted by Crippen LogP contribution is -2.67. The van der Waals surface area contributed by atoms with Gasteiger partial charge in [0.25, 0.3) is 0 Å². The lowest BCUT2D eigenvalue weighted by atomic mass is 9.92. The van der Waals surface area contributed by atoms with Gasteiger partial charge >= 0.3 is 0 Å². The van der Waals surface area contributed by atoms with Crippen molar-refractivity contribution in [2.75, 3.05) is 44.2 Å². The van der Waals surface area contributed by atoms with Gasteiger partial charge in [-0.25, -0.2) is 9.97 Å². The first-order valence-corrected chi connectivity index (χ1v) is 12.1. The van der Waals surface area contributed by atoms with E-state index in [2.05, 4.69) is 31.6 Å². The number of fused-ring (bicyclic) bond motifs is 1. The minimum Gasteiger partial charge on any atom is -0.387 e. The Morgan fingerprint density at radius 3 is 2.45 bits per heavy atom. The molecule has 5 rings (SSSR count). The summed E-state index contributed by atoms with van der Waals surface area (Å²) in [5.41, 5.74) is 8.92. The summed E-state index contributed by atoms with van der Waals surface area (Å²) in [5.74, 6) is 0.902. The van der Waals surface area contributed by atoms with E-state index in [1.54, 1.807) is 6.33 Å². The van der Waals surface area contributed by atoms with Crippen LogP contribution in [0.2, 0.25) is 5.02 Å². The fourth-order valence-electron chi connectivity index (χ4n) is 5.61. The highest BCUT2D eigenvalue weighted by atomic mass is 35.5. The summed E-state index contributed by atoms with van der Waals surface area (Å²) in [4.78, 5) is 28.3. The molecule has 1 aromatic heterocycles. The van der Waals surface area contributed by atoms with Gasteiger partial charge < -0.3 is 20.5 Å². The zero-order chi connectivity index (χ0) is 23.1. The van der Waals surface area contributed by atoms with E-state index in [-0.39, 0.29) is 24.0 Å². The molecule has 2 saturated heterocycles. The summed E-state index contributed by atoms with van der Waals surface area (Å²) in [5, 5.41) is 11.0. The number of nitrogens with zero attached hydrogens (tertiary/aromatic N) is 5. The third-order valence-corrected chi connectivity index (χ3v) is 7.55. The van der Waals surface area contributed by atoms with Crippen molar-refractivity contribution in [1.29, 1.82) is 0 Å². The van der Waals surface area contributed by atoms with Crippen LogP contribution in [0.3, 0.4) is 0 Å². The number of piperazine rings is 1. The van der Waals surface area contributed by atoms with Gasteiger partial charge in [0.1, 0.15) is 18.4 Å². The van der Waals surface area contributed by atoms with Crippen molar-refractivity contribution in [3.63, 3.8) is 0 Å². The molecule has 2 aromatic rings. The second kappa shape index (κ2) is 9.27. The average molecular weight is 471 g/mol. The summed E-state index contributed by atoms with van der Waals surface area (Å²) < 4.78 is 0. The van der Waals surface area contributed by atoms with Crippen molar-refractivity contribution in [3.8, 4) is 0 Å². The molecular formula is C24H31ClN6O2. The molecular weight excluding hydrogens is 440 g/mol. The van der Waals surface area contributed by atoms with Crippen LogP contribution in [0.15, 0.2) is 30.6 Å². The Morgan fingerprint density at radius 2 is 1.82 bits per heavy atom. The fraction of sp³-hybridized carbons (Fsp3) is 0.542. The Bertz CT molecular complexity index is 991. The molecule has 9 heteroatoms. The molecule has 1 aromatic carbocycles. The summed E-state index contributed by atoms with van der Waals surface area (Å²) in [6.45, 7) is 6.93. The topological polar surface area (TPSA) is 98.8 Å². The van der Waals surface area contributed by atoms with E-state index < -0.39 is 6.10 Å². The first-order valence-electron chi connectivity index (χ1n) is 11.7. The average Bonchev–Trinajstić information content (AvgIpc) is 3.10. The van der Waals surface area contributed by atoms with Crippen molar-refractivity contribution in [2.24, 2.45) is 5.73 Å². The molecule has 0 spiro atoms. The number of nitrogens with two attached hydrogens (primary N) is 1. The SMILES string of the molecule is C[C@@H]1C[C@@H](O)c2ncnc(N3CCN(C(C(C=O)c4ccc(Cl)cc4)N4CC(N)C4)CC3)c21. The van der Waals surface area contributed by atoms with E-state index in [9.17, 15) is 9.90 Å². The highest BCUT2D eigenvalue weighted by Gasteiger charge is 2.41. The molecule has 33 heavy (non-hydrogen) atoms. The first kappa shape index (κ1) is 22.7. The van der Waals surface area contributed by atoms with E-state index >= 15 is 0 Å². The highest BCUT2D eigenvalue weighted by Crippen LogP contribution is 2.43. The van der Waals surface area contributed by atoms with Gasteiger partial charge in [-0.3, -0.25) is 9.80 Å². The molecule has 2 fully saturated rings. The van der Waals surface area contributed by atoms with Crippen LogP contribution in [0, 0.1) is 0 Å². The number of aliphatic hydroxyl groups is 1. The van der Waals surface area contributed by atoms with E-state index in [0.717, 1.165) is 68.2 Å². The Kier molecular flexibility index (Phi) is 6.37. The molecule has 4 atom stereocenters. The molecule has 176 valence electrons. The number of carbonyl (C=O) groups excluding carboxylic acids is 1. The van der Waals surface area contributed by atoms with Gasteiger partial charge in [0.2, 0.25) is 0 Å². The summed E-state index contributed by atoms with van der Waals surface area (Å²) in [6.07, 6.45) is 2.77. The Balaban J connectivity index is 1.36. The maximum Gasteiger partial charge on any atom is 0.135 e. The van der Waals surface area contributed by atoms with Crippen LogP contribution in [0.25, 0.3) is 0 Å². The molecule has 3 aliphatic rings. The van der Waals surface area contributed by atoms with Gasteiger partial charge in [-0.2, -0.15) is 0 Å². The van der Waals surface area contributed by atoms with Crippen molar-refractivity contribution in [2.45, 2.75) is 43.5 Å². The third-order valence-electron chi connectivity index (χ3n) is 7.30. The number of anilines is 1. The standard InChI is InChI=1S/C24H31ClN6O2/c1-15-10-20(33)22-21(15)23(28-14-27-22)29-6-8-30(9-7-29)24(31-11-18(26)12-31)19(13-32)16-2-4-17(25)5-3-16/h2-5,13-15,18-20,24,33H,6-12,26H2,1H3/t15-,19?,20-,24?/m1/s1. The molecule has 8 nitrogen and oxygen atoms in total. The molecule has 2 unspecified atom stereocenters. The maximum atomic E-state index is 12.3. The smallest absolute Gasteiger partial charge is 0.135 e. The van der Waals surface area contributed by atoms with Crippen LogP contribution in [0.4, 0.5) is 5.82 Å². The van der Waals surface area contributed by atoms with E-state index in [1.807, 2.05) is 24.3 Å². The van der Waals surface area contributed by atoms with E-state index in [0.29, 0.717) is 11.4 Å². The largest absolute Gasteiger partial charge is 0.387 e. The maximum absolute atomic E-state index is 12.3. The molecule has 3 heterocycles. The van der Waals surface area contributed by atoms with Gasteiger partial charge in [-0.1, -0.05) is 30.7 Å². The molecule has 0 amide bonds. The van der Waals surface area contributed by atoms with Crippen LogP contribution in [-0.4, -0.2) is 82.6 Å². The van der Waals surface area contributed by atoms with Crippen LogP contribution in [-0.2, 0) is 4.79 Å². The number of rotatable bonds is 6. The lowest BCUT2D eigenvalue weighted by molar-refractivity contribution is -0.115. The van der Waals surface area contributed by atoms with Crippen molar-refractivity contribution in [1.82, 2.24) is 19.8 Å². The predicted octanol–water partition coefficient (Wildman–Crippen LogP) is 1.74. The quantitative estimate of drug-likeness (QED) is 0.616. The highest BCUT2D eigenvalue weighted by molar-refractivity contribution is 6.30. The summed E-state index contributed by atoms with van der Waals surface area (Å²) in [6, 6.07) is 7.73. The Morgan fingerprint density at radius 1 is 1.12 bits per heavy atom. The molecule has 1 aliphatic carbocycles. The van der Waals surface area contributed by atoms with Crippen LogP contribution < -0.4 is 10.6 Å². The van der Waals surface area contributed by atoms with Gasteiger partial charge in [-0.05, 0) is 30.0 Å². The predicted molar refractivity (Wildman–Crippen MR) is 127 cm³/mol. The Labute approximate surface area is 199 Å². The number of benzene rings is 1. The normalized spacial score (nSPS) is 26.0. The molecule has 0 bridgehead atoms. The number of aliphatic hydroxyl groups excluding tert-OH is 1. The fourth-order valence-corrected chi connectivity index (χ4v) is 5.73. The molecule has 0 radical (unpaired) electrons. The number of hydrogen-bond acceptors (Lipinski definition) is 8.